The van der Waals surface area contributed by atoms with Crippen molar-refractivity contribution in [1.82, 2.24) is 0 Å². The first-order valence-electron chi connectivity index (χ1n) is 6.27. The van der Waals surface area contributed by atoms with Crippen LogP contribution < -0.4 is 0 Å². The average Bonchev–Trinajstić information content (AvgIpc) is 2.25. The zero-order valence-corrected chi connectivity index (χ0v) is 11.2. The van der Waals surface area contributed by atoms with Crippen molar-refractivity contribution < 1.29 is 14.9 Å². The molecule has 2 unspecified atom stereocenters. The van der Waals surface area contributed by atoms with Gasteiger partial charge >= 0.3 is 0 Å². The summed E-state index contributed by atoms with van der Waals surface area (Å²) < 4.78 is 5.35. The molecule has 0 fully saturated rings. The molecule has 98 valence electrons. The number of hydrogen-bond acceptors (Lipinski definition) is 3. The third-order valence-electron chi connectivity index (χ3n) is 3.31. The predicted octanol–water partition coefficient (Wildman–Crippen LogP) is 2.35. The smallest absolute Gasteiger partial charge is 0.0622 e. The largest absolute Gasteiger partial charge is 0.396 e. The maximum Gasteiger partial charge on any atom is 0.0622 e. The molecule has 0 aromatic rings. The number of rotatable bonds is 9. The van der Waals surface area contributed by atoms with Crippen LogP contribution in [-0.2, 0) is 4.74 Å². The summed E-state index contributed by atoms with van der Waals surface area (Å²) in [5.74, 6) is 0.305. The van der Waals surface area contributed by atoms with Gasteiger partial charge in [-0.1, -0.05) is 13.3 Å². The second kappa shape index (κ2) is 8.04. The van der Waals surface area contributed by atoms with Crippen molar-refractivity contribution in [2.24, 2.45) is 5.92 Å². The second-order valence-corrected chi connectivity index (χ2v) is 5.27. The number of aliphatic hydroxyl groups excluding tert-OH is 2. The number of ether oxygens (including phenoxy) is 1. The Bertz CT molecular complexity index is 169. The highest BCUT2D eigenvalue weighted by molar-refractivity contribution is 4.70. The van der Waals surface area contributed by atoms with E-state index in [0.29, 0.717) is 18.8 Å². The molecule has 0 spiro atoms. The molecule has 0 saturated carbocycles. The number of methoxy groups -OCH3 is 1. The van der Waals surface area contributed by atoms with Gasteiger partial charge in [-0.2, -0.15) is 0 Å². The first-order chi connectivity index (χ1) is 7.43. The quantitative estimate of drug-likeness (QED) is 0.641. The first-order valence-corrected chi connectivity index (χ1v) is 6.27. The molecule has 3 heteroatoms. The van der Waals surface area contributed by atoms with Gasteiger partial charge in [0.1, 0.15) is 0 Å². The monoisotopic (exact) mass is 232 g/mol. The van der Waals surface area contributed by atoms with Crippen molar-refractivity contribution in [1.29, 1.82) is 0 Å². The van der Waals surface area contributed by atoms with Crippen LogP contribution in [0.15, 0.2) is 0 Å². The molecule has 0 aliphatic carbocycles. The van der Waals surface area contributed by atoms with Crippen LogP contribution in [0.5, 0.6) is 0 Å². The lowest BCUT2D eigenvalue weighted by atomic mass is 9.92. The van der Waals surface area contributed by atoms with E-state index in [4.69, 9.17) is 9.84 Å². The number of hydrogen-bond donors (Lipinski definition) is 2. The van der Waals surface area contributed by atoms with Gasteiger partial charge in [-0.25, -0.2) is 0 Å². The van der Waals surface area contributed by atoms with Gasteiger partial charge in [0.05, 0.1) is 11.7 Å². The van der Waals surface area contributed by atoms with Crippen LogP contribution in [0.2, 0.25) is 0 Å². The summed E-state index contributed by atoms with van der Waals surface area (Å²) in [4.78, 5) is 0. The molecular formula is C13H28O3. The van der Waals surface area contributed by atoms with Gasteiger partial charge in [0, 0.05) is 13.7 Å². The summed E-state index contributed by atoms with van der Waals surface area (Å²) in [5.41, 5.74) is -0.0598. The van der Waals surface area contributed by atoms with Crippen molar-refractivity contribution in [2.45, 2.75) is 64.6 Å². The van der Waals surface area contributed by atoms with Crippen LogP contribution in [0.3, 0.4) is 0 Å². The third-order valence-corrected chi connectivity index (χ3v) is 3.31. The Morgan fingerprint density at radius 2 is 1.81 bits per heavy atom. The summed E-state index contributed by atoms with van der Waals surface area (Å²) in [6.07, 6.45) is 4.20. The minimum atomic E-state index is -0.280. The van der Waals surface area contributed by atoms with E-state index < -0.39 is 0 Å². The van der Waals surface area contributed by atoms with Crippen molar-refractivity contribution in [3.63, 3.8) is 0 Å². The van der Waals surface area contributed by atoms with E-state index in [1.54, 1.807) is 7.11 Å². The molecule has 0 aliphatic rings. The summed E-state index contributed by atoms with van der Waals surface area (Å²) in [6.45, 7) is 6.40. The summed E-state index contributed by atoms with van der Waals surface area (Å²) in [5, 5.41) is 18.5. The summed E-state index contributed by atoms with van der Waals surface area (Å²) in [7, 11) is 1.74. The van der Waals surface area contributed by atoms with Gasteiger partial charge < -0.3 is 14.9 Å². The van der Waals surface area contributed by atoms with Crippen LogP contribution in [-0.4, -0.2) is 35.6 Å². The molecule has 0 radical (unpaired) electrons. The second-order valence-electron chi connectivity index (χ2n) is 5.27. The van der Waals surface area contributed by atoms with E-state index in [1.807, 2.05) is 0 Å². The molecule has 0 saturated heterocycles. The Labute approximate surface area is 99.8 Å². The van der Waals surface area contributed by atoms with E-state index in [-0.39, 0.29) is 18.3 Å². The highest BCUT2D eigenvalue weighted by atomic mass is 16.5. The van der Waals surface area contributed by atoms with Crippen LogP contribution in [0, 0.1) is 5.92 Å². The van der Waals surface area contributed by atoms with Crippen molar-refractivity contribution in [3.05, 3.63) is 0 Å². The molecular weight excluding hydrogens is 204 g/mol. The first kappa shape index (κ1) is 15.9. The Morgan fingerprint density at radius 1 is 1.19 bits per heavy atom. The molecule has 0 aliphatic heterocycles. The van der Waals surface area contributed by atoms with Gasteiger partial charge in [0.2, 0.25) is 0 Å². The van der Waals surface area contributed by atoms with Crippen LogP contribution in [0.1, 0.15) is 52.9 Å². The third kappa shape index (κ3) is 7.20. The van der Waals surface area contributed by atoms with E-state index in [9.17, 15) is 5.11 Å². The highest BCUT2D eigenvalue weighted by Gasteiger charge is 2.18. The van der Waals surface area contributed by atoms with Gasteiger partial charge in [-0.3, -0.25) is 0 Å². The molecule has 2 N–H and O–H groups in total. The molecule has 16 heavy (non-hydrogen) atoms. The lowest BCUT2D eigenvalue weighted by molar-refractivity contribution is 0.0103. The van der Waals surface area contributed by atoms with E-state index >= 15 is 0 Å². The fourth-order valence-electron chi connectivity index (χ4n) is 1.73. The van der Waals surface area contributed by atoms with E-state index in [0.717, 1.165) is 19.3 Å². The molecule has 2 atom stereocenters. The Morgan fingerprint density at radius 3 is 2.31 bits per heavy atom. The van der Waals surface area contributed by atoms with E-state index in [2.05, 4.69) is 20.8 Å². The molecule has 0 amide bonds. The summed E-state index contributed by atoms with van der Waals surface area (Å²) in [6, 6.07) is 0. The Balaban J connectivity index is 3.68. The van der Waals surface area contributed by atoms with E-state index in [1.165, 1.54) is 0 Å². The van der Waals surface area contributed by atoms with Gasteiger partial charge in [0.25, 0.3) is 0 Å². The van der Waals surface area contributed by atoms with Gasteiger partial charge in [-0.15, -0.1) is 0 Å². The summed E-state index contributed by atoms with van der Waals surface area (Å²) >= 11 is 0. The lowest BCUT2D eigenvalue weighted by Crippen LogP contribution is -2.23. The average molecular weight is 232 g/mol. The van der Waals surface area contributed by atoms with Crippen LogP contribution >= 0.6 is 0 Å². The van der Waals surface area contributed by atoms with Gasteiger partial charge in [-0.05, 0) is 45.4 Å². The normalized spacial score (nSPS) is 16.1. The fourth-order valence-corrected chi connectivity index (χ4v) is 1.73. The maximum atomic E-state index is 9.79. The standard InChI is InChI=1S/C13H28O3/c1-11(12(15)8-6-10-14)7-5-9-13(2,3)16-4/h11-12,14-15H,5-10H2,1-4H3. The van der Waals surface area contributed by atoms with Crippen molar-refractivity contribution >= 4 is 0 Å². The van der Waals surface area contributed by atoms with Crippen LogP contribution in [0.25, 0.3) is 0 Å². The van der Waals surface area contributed by atoms with Crippen molar-refractivity contribution in [2.75, 3.05) is 13.7 Å². The topological polar surface area (TPSA) is 49.7 Å². The maximum absolute atomic E-state index is 9.79. The Kier molecular flexibility index (Phi) is 7.98. The molecule has 0 bridgehead atoms. The molecule has 0 heterocycles. The molecule has 0 aromatic heterocycles. The minimum Gasteiger partial charge on any atom is -0.396 e. The fraction of sp³-hybridized carbons (Fsp3) is 1.00. The molecule has 0 aromatic carbocycles. The van der Waals surface area contributed by atoms with Crippen molar-refractivity contribution in [3.8, 4) is 0 Å². The number of aliphatic hydroxyl groups is 2. The highest BCUT2D eigenvalue weighted by Crippen LogP contribution is 2.21. The zero-order chi connectivity index (χ0) is 12.6. The molecule has 3 nitrogen and oxygen atoms in total. The SMILES string of the molecule is COC(C)(C)CCCC(C)C(O)CCCO. The Hall–Kier alpha value is -0.120. The predicted molar refractivity (Wildman–Crippen MR) is 66.4 cm³/mol. The molecule has 0 rings (SSSR count). The lowest BCUT2D eigenvalue weighted by Gasteiger charge is -2.24. The minimum absolute atomic E-state index is 0.0598. The zero-order valence-electron chi connectivity index (χ0n) is 11.2. The van der Waals surface area contributed by atoms with Crippen LogP contribution in [0.4, 0.5) is 0 Å². The van der Waals surface area contributed by atoms with Gasteiger partial charge in [0.15, 0.2) is 0 Å².